The molecular formula is C10H15N3O4. The Balaban J connectivity index is 2.07. The zero-order valence-corrected chi connectivity index (χ0v) is 9.31. The molecule has 2 aliphatic rings. The van der Waals surface area contributed by atoms with E-state index < -0.39 is 12.0 Å². The Labute approximate surface area is 98.2 Å². The van der Waals surface area contributed by atoms with Crippen molar-refractivity contribution in [2.24, 2.45) is 5.92 Å². The molecule has 0 aromatic heterocycles. The van der Waals surface area contributed by atoms with E-state index in [0.29, 0.717) is 26.2 Å². The average molecular weight is 241 g/mol. The molecule has 2 rings (SSSR count). The molecule has 0 aromatic carbocycles. The molecule has 0 radical (unpaired) electrons. The van der Waals surface area contributed by atoms with Gasteiger partial charge in [0, 0.05) is 26.2 Å². The molecule has 0 saturated carbocycles. The third-order valence-electron chi connectivity index (χ3n) is 3.11. The first-order valence-electron chi connectivity index (χ1n) is 5.60. The monoisotopic (exact) mass is 241 g/mol. The molecular weight excluding hydrogens is 226 g/mol. The Kier molecular flexibility index (Phi) is 3.28. The minimum Gasteiger partial charge on any atom is -0.481 e. The first-order chi connectivity index (χ1) is 8.09. The number of carboxylic acid groups (broad SMARTS) is 1. The van der Waals surface area contributed by atoms with Crippen molar-refractivity contribution in [2.75, 3.05) is 26.2 Å². The maximum Gasteiger partial charge on any atom is 0.305 e. The quantitative estimate of drug-likeness (QED) is 0.531. The summed E-state index contributed by atoms with van der Waals surface area (Å²) in [7, 11) is 0. The number of nitrogens with zero attached hydrogens (tertiary/aromatic N) is 1. The van der Waals surface area contributed by atoms with Gasteiger partial charge in [0.15, 0.2) is 0 Å². The summed E-state index contributed by atoms with van der Waals surface area (Å²) < 4.78 is 0. The summed E-state index contributed by atoms with van der Waals surface area (Å²) in [5.41, 5.74) is 0. The Hall–Kier alpha value is -1.63. The third-order valence-corrected chi connectivity index (χ3v) is 3.11. The van der Waals surface area contributed by atoms with Gasteiger partial charge in [0.05, 0.1) is 12.3 Å². The molecule has 1 unspecified atom stereocenters. The van der Waals surface area contributed by atoms with Crippen molar-refractivity contribution in [3.05, 3.63) is 0 Å². The van der Waals surface area contributed by atoms with Crippen LogP contribution in [0.5, 0.6) is 0 Å². The van der Waals surface area contributed by atoms with E-state index in [9.17, 15) is 14.4 Å². The highest BCUT2D eigenvalue weighted by atomic mass is 16.4. The van der Waals surface area contributed by atoms with Crippen LogP contribution in [0.25, 0.3) is 0 Å². The Morgan fingerprint density at radius 1 is 1.41 bits per heavy atom. The number of hydrogen-bond acceptors (Lipinski definition) is 4. The van der Waals surface area contributed by atoms with Crippen molar-refractivity contribution in [3.8, 4) is 0 Å². The van der Waals surface area contributed by atoms with E-state index in [4.69, 9.17) is 5.11 Å². The molecule has 2 aliphatic heterocycles. The zero-order chi connectivity index (χ0) is 12.4. The summed E-state index contributed by atoms with van der Waals surface area (Å²) in [4.78, 5) is 35.7. The van der Waals surface area contributed by atoms with Crippen molar-refractivity contribution < 1.29 is 19.5 Å². The minimum absolute atomic E-state index is 0.114. The molecule has 3 N–H and O–H groups in total. The molecule has 0 bridgehead atoms. The van der Waals surface area contributed by atoms with Crippen molar-refractivity contribution in [2.45, 2.75) is 12.5 Å². The summed E-state index contributed by atoms with van der Waals surface area (Å²) in [5, 5.41) is 14.3. The molecule has 0 aromatic rings. The van der Waals surface area contributed by atoms with Gasteiger partial charge in [-0.25, -0.2) is 0 Å². The predicted octanol–water partition coefficient (Wildman–Crippen LogP) is -1.99. The summed E-state index contributed by atoms with van der Waals surface area (Å²) in [6.45, 7) is 1.99. The maximum absolute atomic E-state index is 12.0. The van der Waals surface area contributed by atoms with Crippen LogP contribution >= 0.6 is 0 Å². The fraction of sp³-hybridized carbons (Fsp3) is 0.700. The lowest BCUT2D eigenvalue weighted by molar-refractivity contribution is -0.151. The van der Waals surface area contributed by atoms with Gasteiger partial charge in [-0.1, -0.05) is 0 Å². The highest BCUT2D eigenvalue weighted by Gasteiger charge is 2.38. The van der Waals surface area contributed by atoms with E-state index in [-0.39, 0.29) is 24.2 Å². The van der Waals surface area contributed by atoms with Gasteiger partial charge < -0.3 is 20.6 Å². The molecule has 2 amide bonds. The minimum atomic E-state index is -1.07. The van der Waals surface area contributed by atoms with Crippen molar-refractivity contribution in [1.82, 2.24) is 15.5 Å². The Morgan fingerprint density at radius 2 is 2.12 bits per heavy atom. The second kappa shape index (κ2) is 4.70. The normalized spacial score (nSPS) is 25.1. The van der Waals surface area contributed by atoms with Crippen LogP contribution in [-0.2, 0) is 14.4 Å². The number of rotatable bonds is 3. The number of nitrogens with one attached hydrogen (secondary N) is 2. The highest BCUT2D eigenvalue weighted by molar-refractivity contribution is 5.92. The summed E-state index contributed by atoms with van der Waals surface area (Å²) in [6.07, 6.45) is -0.336. The van der Waals surface area contributed by atoms with E-state index >= 15 is 0 Å². The molecule has 2 saturated heterocycles. The first kappa shape index (κ1) is 11.8. The van der Waals surface area contributed by atoms with Gasteiger partial charge in [0.1, 0.15) is 6.04 Å². The fourth-order valence-corrected chi connectivity index (χ4v) is 2.04. The van der Waals surface area contributed by atoms with Crippen LogP contribution < -0.4 is 10.6 Å². The zero-order valence-electron chi connectivity index (χ0n) is 9.31. The topological polar surface area (TPSA) is 98.7 Å². The smallest absolute Gasteiger partial charge is 0.305 e. The summed E-state index contributed by atoms with van der Waals surface area (Å²) >= 11 is 0. The second-order valence-electron chi connectivity index (χ2n) is 4.29. The molecule has 1 atom stereocenters. The highest BCUT2D eigenvalue weighted by Crippen LogP contribution is 2.15. The van der Waals surface area contributed by atoms with Gasteiger partial charge >= 0.3 is 5.97 Å². The maximum atomic E-state index is 12.0. The number of amides is 2. The van der Waals surface area contributed by atoms with Crippen LogP contribution in [0.2, 0.25) is 0 Å². The molecule has 0 aliphatic carbocycles. The first-order valence-corrected chi connectivity index (χ1v) is 5.60. The number of carbonyl (C=O) groups excluding carboxylic acids is 2. The van der Waals surface area contributed by atoms with Crippen LogP contribution in [0.1, 0.15) is 6.42 Å². The molecule has 94 valence electrons. The lowest BCUT2D eigenvalue weighted by atomic mass is 9.99. The molecule has 2 fully saturated rings. The van der Waals surface area contributed by atoms with Gasteiger partial charge in [-0.2, -0.15) is 0 Å². The largest absolute Gasteiger partial charge is 0.481 e. The number of carboxylic acids is 1. The van der Waals surface area contributed by atoms with Crippen molar-refractivity contribution in [3.63, 3.8) is 0 Å². The molecule has 7 nitrogen and oxygen atoms in total. The van der Waals surface area contributed by atoms with Crippen molar-refractivity contribution in [1.29, 1.82) is 0 Å². The lowest BCUT2D eigenvalue weighted by Gasteiger charge is -2.38. The lowest BCUT2D eigenvalue weighted by Crippen LogP contribution is -2.62. The molecule has 17 heavy (non-hydrogen) atoms. The number of aliphatic carboxylic acids is 1. The van der Waals surface area contributed by atoms with Crippen LogP contribution in [0.15, 0.2) is 0 Å². The fourth-order valence-electron chi connectivity index (χ4n) is 2.04. The van der Waals surface area contributed by atoms with Gasteiger partial charge in [-0.15, -0.1) is 0 Å². The number of hydrogen-bond donors (Lipinski definition) is 3. The third kappa shape index (κ3) is 2.38. The van der Waals surface area contributed by atoms with Crippen molar-refractivity contribution >= 4 is 17.8 Å². The molecule has 7 heteroatoms. The van der Waals surface area contributed by atoms with Crippen LogP contribution in [-0.4, -0.2) is 60.0 Å². The second-order valence-corrected chi connectivity index (χ2v) is 4.29. The van der Waals surface area contributed by atoms with E-state index in [1.807, 2.05) is 0 Å². The van der Waals surface area contributed by atoms with Gasteiger partial charge in [0.25, 0.3) is 0 Å². The average Bonchev–Trinajstić information content (AvgIpc) is 2.17. The van der Waals surface area contributed by atoms with Gasteiger partial charge in [0.2, 0.25) is 11.8 Å². The number of carbonyl (C=O) groups is 3. The van der Waals surface area contributed by atoms with E-state index in [0.717, 1.165) is 0 Å². The van der Waals surface area contributed by atoms with Crippen LogP contribution in [0.3, 0.4) is 0 Å². The SMILES string of the molecule is O=C(O)CC1C(=O)NCCN1C(=O)C1CNC1. The standard InChI is InChI=1S/C10H15N3O4/c14-8(15)3-7-9(16)12-1-2-13(7)10(17)6-4-11-5-6/h6-7,11H,1-5H2,(H,12,16)(H,14,15). The van der Waals surface area contributed by atoms with Crippen LogP contribution in [0, 0.1) is 5.92 Å². The Bertz CT molecular complexity index is 353. The van der Waals surface area contributed by atoms with E-state index in [1.54, 1.807) is 0 Å². The van der Waals surface area contributed by atoms with Crippen LogP contribution in [0.4, 0.5) is 0 Å². The predicted molar refractivity (Wildman–Crippen MR) is 57.1 cm³/mol. The molecule has 2 heterocycles. The van der Waals surface area contributed by atoms with Gasteiger partial charge in [-0.05, 0) is 0 Å². The number of piperazine rings is 1. The summed E-state index contributed by atoms with van der Waals surface area (Å²) in [6, 6.07) is -0.866. The van der Waals surface area contributed by atoms with Gasteiger partial charge in [-0.3, -0.25) is 14.4 Å². The summed E-state index contributed by atoms with van der Waals surface area (Å²) in [5.74, 6) is -1.68. The van der Waals surface area contributed by atoms with E-state index in [2.05, 4.69) is 10.6 Å². The molecule has 0 spiro atoms. The van der Waals surface area contributed by atoms with E-state index in [1.165, 1.54) is 4.90 Å². The Morgan fingerprint density at radius 3 is 2.65 bits per heavy atom.